The highest BCUT2D eigenvalue weighted by Gasteiger charge is 2.23. The number of rotatable bonds is 5. The average molecular weight is 417 g/mol. The van der Waals surface area contributed by atoms with Crippen LogP contribution in [0.4, 0.5) is 0 Å². The molecule has 7 heteroatoms. The van der Waals surface area contributed by atoms with E-state index in [0.717, 1.165) is 21.6 Å². The van der Waals surface area contributed by atoms with E-state index in [4.69, 9.17) is 0 Å². The third-order valence-corrected chi connectivity index (χ3v) is 5.10. The average Bonchev–Trinajstić information content (AvgIpc) is 3.13. The molecular weight excluding hydrogens is 396 g/mol. The molecule has 6 nitrogen and oxygen atoms in total. The molecule has 0 amide bonds. The van der Waals surface area contributed by atoms with E-state index in [9.17, 15) is 9.59 Å². The monoisotopic (exact) mass is 416 g/mol. The van der Waals surface area contributed by atoms with E-state index in [2.05, 4.69) is 25.6 Å². The SMILES string of the molecule is Cc1cc(C(=O)C(C)n2cc(Br)ccc2=O)c(C)n1Cc1ccn(C)n1. The molecule has 3 aromatic heterocycles. The van der Waals surface area contributed by atoms with Crippen molar-refractivity contribution in [2.45, 2.75) is 33.4 Å². The molecule has 1 unspecified atom stereocenters. The van der Waals surface area contributed by atoms with Gasteiger partial charge in [-0.1, -0.05) is 0 Å². The number of Topliss-reactive ketones (excluding diaryl/α,β-unsaturated/α-hetero) is 1. The van der Waals surface area contributed by atoms with Crippen LogP contribution in [0.1, 0.15) is 40.4 Å². The molecule has 26 heavy (non-hydrogen) atoms. The normalized spacial score (nSPS) is 12.3. The lowest BCUT2D eigenvalue weighted by Crippen LogP contribution is -2.27. The fourth-order valence-electron chi connectivity index (χ4n) is 3.13. The Kier molecular flexibility index (Phi) is 5.00. The summed E-state index contributed by atoms with van der Waals surface area (Å²) >= 11 is 3.36. The van der Waals surface area contributed by atoms with Crippen LogP contribution in [0.25, 0.3) is 0 Å². The fraction of sp³-hybridized carbons (Fsp3) is 0.316. The van der Waals surface area contributed by atoms with Gasteiger partial charge in [-0.15, -0.1) is 0 Å². The van der Waals surface area contributed by atoms with Gasteiger partial charge in [0.15, 0.2) is 5.78 Å². The molecule has 136 valence electrons. The number of aryl methyl sites for hydroxylation is 2. The molecule has 1 atom stereocenters. The van der Waals surface area contributed by atoms with Gasteiger partial charge >= 0.3 is 0 Å². The molecule has 0 aromatic carbocycles. The van der Waals surface area contributed by atoms with Gasteiger partial charge in [0.05, 0.1) is 18.3 Å². The van der Waals surface area contributed by atoms with E-state index in [1.54, 1.807) is 23.9 Å². The molecule has 0 fully saturated rings. The highest BCUT2D eigenvalue weighted by molar-refractivity contribution is 9.10. The van der Waals surface area contributed by atoms with Crippen LogP contribution >= 0.6 is 15.9 Å². The maximum Gasteiger partial charge on any atom is 0.251 e. The Bertz CT molecular complexity index is 1030. The maximum atomic E-state index is 13.0. The standard InChI is InChI=1S/C19H21BrN4O2/c1-12-9-17(13(2)23(12)11-16-7-8-22(4)21-16)19(26)14(3)24-10-15(20)5-6-18(24)25/h5-10,14H,11H2,1-4H3. The van der Waals surface area contributed by atoms with Crippen molar-refractivity contribution in [2.24, 2.45) is 7.05 Å². The van der Waals surface area contributed by atoms with Gasteiger partial charge in [-0.25, -0.2) is 0 Å². The largest absolute Gasteiger partial charge is 0.342 e. The number of hydrogen-bond acceptors (Lipinski definition) is 3. The first kappa shape index (κ1) is 18.4. The van der Waals surface area contributed by atoms with Gasteiger partial charge in [0.1, 0.15) is 0 Å². The summed E-state index contributed by atoms with van der Waals surface area (Å²) in [5, 5.41) is 4.41. The van der Waals surface area contributed by atoms with Crippen molar-refractivity contribution in [1.29, 1.82) is 0 Å². The summed E-state index contributed by atoms with van der Waals surface area (Å²) in [6.45, 7) is 6.26. The van der Waals surface area contributed by atoms with Gasteiger partial charge < -0.3 is 9.13 Å². The number of hydrogen-bond donors (Lipinski definition) is 0. The third-order valence-electron chi connectivity index (χ3n) is 4.63. The van der Waals surface area contributed by atoms with Crippen molar-refractivity contribution in [2.75, 3.05) is 0 Å². The molecule has 0 radical (unpaired) electrons. The Morgan fingerprint density at radius 1 is 1.27 bits per heavy atom. The van der Waals surface area contributed by atoms with Crippen LogP contribution in [0.15, 0.2) is 45.9 Å². The highest BCUT2D eigenvalue weighted by atomic mass is 79.9. The minimum atomic E-state index is -0.580. The van der Waals surface area contributed by atoms with Crippen molar-refractivity contribution < 1.29 is 4.79 Å². The first-order valence-corrected chi connectivity index (χ1v) is 9.14. The Labute approximate surface area is 160 Å². The van der Waals surface area contributed by atoms with Gasteiger partial charge in [-0.3, -0.25) is 14.3 Å². The van der Waals surface area contributed by atoms with Crippen molar-refractivity contribution in [3.63, 3.8) is 0 Å². The summed E-state index contributed by atoms with van der Waals surface area (Å²) in [6.07, 6.45) is 3.55. The predicted molar refractivity (Wildman–Crippen MR) is 104 cm³/mol. The number of aromatic nitrogens is 4. The van der Waals surface area contributed by atoms with Crippen LogP contribution in [0.2, 0.25) is 0 Å². The number of halogens is 1. The maximum absolute atomic E-state index is 13.0. The van der Waals surface area contributed by atoms with Crippen LogP contribution in [-0.4, -0.2) is 24.7 Å². The second kappa shape index (κ2) is 7.07. The molecule has 0 spiro atoms. The molecule has 3 aromatic rings. The Morgan fingerprint density at radius 3 is 2.65 bits per heavy atom. The molecule has 0 aliphatic rings. The summed E-state index contributed by atoms with van der Waals surface area (Å²) in [4.78, 5) is 25.2. The molecule has 0 saturated heterocycles. The van der Waals surface area contributed by atoms with Crippen LogP contribution < -0.4 is 5.56 Å². The first-order chi connectivity index (χ1) is 12.3. The van der Waals surface area contributed by atoms with E-state index in [0.29, 0.717) is 12.1 Å². The Morgan fingerprint density at radius 2 is 2.00 bits per heavy atom. The van der Waals surface area contributed by atoms with Crippen LogP contribution in [0.3, 0.4) is 0 Å². The minimum absolute atomic E-state index is 0.0782. The summed E-state index contributed by atoms with van der Waals surface area (Å²) < 4.78 is 6.05. The van der Waals surface area contributed by atoms with E-state index in [-0.39, 0.29) is 11.3 Å². The van der Waals surface area contributed by atoms with Gasteiger partial charge in [-0.2, -0.15) is 5.10 Å². The lowest BCUT2D eigenvalue weighted by atomic mass is 10.1. The zero-order valence-corrected chi connectivity index (χ0v) is 16.8. The minimum Gasteiger partial charge on any atom is -0.342 e. The van der Waals surface area contributed by atoms with Gasteiger partial charge in [0.25, 0.3) is 5.56 Å². The summed E-state index contributed by atoms with van der Waals surface area (Å²) in [6, 6.07) is 6.40. The van der Waals surface area contributed by atoms with Gasteiger partial charge in [-0.05, 0) is 54.9 Å². The summed E-state index contributed by atoms with van der Waals surface area (Å²) in [5.74, 6) is -0.0782. The lowest BCUT2D eigenvalue weighted by Gasteiger charge is -2.14. The lowest BCUT2D eigenvalue weighted by molar-refractivity contribution is 0.0932. The van der Waals surface area contributed by atoms with Gasteiger partial charge in [0.2, 0.25) is 0 Å². The second-order valence-electron chi connectivity index (χ2n) is 6.48. The smallest absolute Gasteiger partial charge is 0.251 e. The van der Waals surface area contributed by atoms with Gasteiger partial charge in [0, 0.05) is 46.9 Å². The molecule has 3 rings (SSSR count). The quantitative estimate of drug-likeness (QED) is 0.599. The number of pyridine rings is 1. The van der Waals surface area contributed by atoms with Crippen LogP contribution in [-0.2, 0) is 13.6 Å². The van der Waals surface area contributed by atoms with E-state index in [1.807, 2.05) is 39.2 Å². The molecule has 0 N–H and O–H groups in total. The topological polar surface area (TPSA) is 61.8 Å². The number of carbonyl (C=O) groups is 1. The zero-order valence-electron chi connectivity index (χ0n) is 15.2. The highest BCUT2D eigenvalue weighted by Crippen LogP contribution is 2.22. The third kappa shape index (κ3) is 3.44. The second-order valence-corrected chi connectivity index (χ2v) is 7.40. The molecule has 3 heterocycles. The zero-order chi connectivity index (χ0) is 19.0. The molecule has 0 aliphatic carbocycles. The number of carbonyl (C=O) groups excluding carboxylic acids is 1. The Hall–Kier alpha value is -2.41. The molecule has 0 bridgehead atoms. The van der Waals surface area contributed by atoms with E-state index < -0.39 is 6.04 Å². The number of ketones is 1. The van der Waals surface area contributed by atoms with Crippen LogP contribution in [0, 0.1) is 13.8 Å². The Balaban J connectivity index is 1.94. The first-order valence-electron chi connectivity index (χ1n) is 8.35. The summed E-state index contributed by atoms with van der Waals surface area (Å²) in [7, 11) is 1.88. The molecule has 0 saturated carbocycles. The summed E-state index contributed by atoms with van der Waals surface area (Å²) in [5.41, 5.74) is 3.25. The predicted octanol–water partition coefficient (Wildman–Crippen LogP) is 3.25. The van der Waals surface area contributed by atoms with Crippen molar-refractivity contribution >= 4 is 21.7 Å². The number of nitrogens with zero attached hydrogens (tertiary/aromatic N) is 4. The van der Waals surface area contributed by atoms with Crippen molar-refractivity contribution in [3.8, 4) is 0 Å². The van der Waals surface area contributed by atoms with Crippen molar-refractivity contribution in [3.05, 3.63) is 74.1 Å². The molecule has 0 aliphatic heterocycles. The molecular formula is C19H21BrN4O2. The fourth-order valence-corrected chi connectivity index (χ4v) is 3.49. The van der Waals surface area contributed by atoms with E-state index >= 15 is 0 Å². The van der Waals surface area contributed by atoms with Crippen LogP contribution in [0.5, 0.6) is 0 Å². The van der Waals surface area contributed by atoms with E-state index in [1.165, 1.54) is 10.6 Å². The van der Waals surface area contributed by atoms with Crippen molar-refractivity contribution in [1.82, 2.24) is 18.9 Å².